The number of nitro benzene ring substituents is 1. The molecular formula is C14H9N3O3. The van der Waals surface area contributed by atoms with Crippen molar-refractivity contribution in [3.63, 3.8) is 0 Å². The first-order valence-electron chi connectivity index (χ1n) is 5.66. The van der Waals surface area contributed by atoms with Crippen LogP contribution in [0.15, 0.2) is 48.5 Å². The molecule has 6 heteroatoms. The van der Waals surface area contributed by atoms with Crippen LogP contribution in [0.2, 0.25) is 0 Å². The monoisotopic (exact) mass is 267 g/mol. The second-order valence-corrected chi connectivity index (χ2v) is 3.95. The first-order chi connectivity index (χ1) is 9.60. The molecule has 2 aromatic rings. The Kier molecular flexibility index (Phi) is 3.72. The van der Waals surface area contributed by atoms with Gasteiger partial charge in [0.2, 0.25) is 0 Å². The van der Waals surface area contributed by atoms with Gasteiger partial charge < -0.3 is 5.32 Å². The summed E-state index contributed by atoms with van der Waals surface area (Å²) in [5.41, 5.74) is 1.16. The maximum Gasteiger partial charge on any atom is 0.269 e. The Morgan fingerprint density at radius 3 is 2.50 bits per heavy atom. The molecule has 0 saturated carbocycles. The van der Waals surface area contributed by atoms with Crippen molar-refractivity contribution < 1.29 is 9.72 Å². The van der Waals surface area contributed by atoms with Gasteiger partial charge in [-0.3, -0.25) is 14.9 Å². The summed E-state index contributed by atoms with van der Waals surface area (Å²) >= 11 is 0. The third kappa shape index (κ3) is 2.97. The van der Waals surface area contributed by atoms with Crippen LogP contribution < -0.4 is 5.32 Å². The smallest absolute Gasteiger partial charge is 0.269 e. The molecule has 0 radical (unpaired) electrons. The van der Waals surface area contributed by atoms with Crippen molar-refractivity contribution in [2.24, 2.45) is 0 Å². The van der Waals surface area contributed by atoms with Crippen LogP contribution in [0.4, 0.5) is 11.4 Å². The number of non-ortho nitro benzene ring substituents is 1. The third-order valence-corrected chi connectivity index (χ3v) is 2.59. The number of nitrogens with one attached hydrogen (secondary N) is 1. The maximum absolute atomic E-state index is 11.9. The van der Waals surface area contributed by atoms with Gasteiger partial charge in [-0.25, -0.2) is 0 Å². The molecule has 2 rings (SSSR count). The number of nitro groups is 1. The average molecular weight is 267 g/mol. The predicted molar refractivity (Wildman–Crippen MR) is 72.2 cm³/mol. The number of amides is 1. The van der Waals surface area contributed by atoms with E-state index in [1.54, 1.807) is 24.3 Å². The van der Waals surface area contributed by atoms with Crippen molar-refractivity contribution in [2.45, 2.75) is 0 Å². The van der Waals surface area contributed by atoms with Crippen LogP contribution in [0.25, 0.3) is 0 Å². The van der Waals surface area contributed by atoms with E-state index >= 15 is 0 Å². The normalized spacial score (nSPS) is 9.55. The highest BCUT2D eigenvalue weighted by atomic mass is 16.6. The van der Waals surface area contributed by atoms with E-state index in [0.29, 0.717) is 16.8 Å². The zero-order valence-corrected chi connectivity index (χ0v) is 10.2. The number of hydrogen-bond donors (Lipinski definition) is 1. The van der Waals surface area contributed by atoms with Gasteiger partial charge in [-0.05, 0) is 30.3 Å². The summed E-state index contributed by atoms with van der Waals surface area (Å²) in [4.78, 5) is 21.9. The van der Waals surface area contributed by atoms with Gasteiger partial charge in [0.1, 0.15) is 0 Å². The second kappa shape index (κ2) is 5.63. The minimum atomic E-state index is -0.530. The van der Waals surface area contributed by atoms with E-state index in [-0.39, 0.29) is 5.69 Å². The number of nitriles is 1. The van der Waals surface area contributed by atoms with Crippen molar-refractivity contribution in [1.82, 2.24) is 0 Å². The summed E-state index contributed by atoms with van der Waals surface area (Å²) in [6, 6.07) is 13.7. The molecule has 0 aliphatic rings. The zero-order valence-electron chi connectivity index (χ0n) is 10.2. The fraction of sp³-hybridized carbons (Fsp3) is 0. The maximum atomic E-state index is 11.9. The number of hydrogen-bond acceptors (Lipinski definition) is 4. The van der Waals surface area contributed by atoms with Crippen molar-refractivity contribution in [2.75, 3.05) is 5.32 Å². The van der Waals surface area contributed by atoms with E-state index in [9.17, 15) is 14.9 Å². The lowest BCUT2D eigenvalue weighted by Crippen LogP contribution is -2.11. The Bertz CT molecular complexity index is 702. The van der Waals surface area contributed by atoms with Gasteiger partial charge in [0.15, 0.2) is 0 Å². The molecular weight excluding hydrogens is 258 g/mol. The predicted octanol–water partition coefficient (Wildman–Crippen LogP) is 2.72. The van der Waals surface area contributed by atoms with Crippen LogP contribution >= 0.6 is 0 Å². The van der Waals surface area contributed by atoms with Crippen molar-refractivity contribution in [1.29, 1.82) is 5.26 Å². The molecule has 2 aromatic carbocycles. The molecule has 0 spiro atoms. The molecule has 0 bridgehead atoms. The fourth-order valence-corrected chi connectivity index (χ4v) is 1.60. The summed E-state index contributed by atoms with van der Waals surface area (Å²) < 4.78 is 0. The molecule has 1 N–H and O–H groups in total. The highest BCUT2D eigenvalue weighted by molar-refractivity contribution is 6.04. The number of rotatable bonds is 3. The number of carbonyl (C=O) groups is 1. The standard InChI is InChI=1S/C14H9N3O3/c15-9-10-2-1-3-12(8-10)16-14(18)11-4-6-13(7-5-11)17(19)20/h1-8H,(H,16,18). The topological polar surface area (TPSA) is 96.0 Å². The Labute approximate surface area is 114 Å². The number of nitrogens with zero attached hydrogens (tertiary/aromatic N) is 2. The second-order valence-electron chi connectivity index (χ2n) is 3.95. The Hall–Kier alpha value is -3.20. The molecule has 0 aliphatic carbocycles. The average Bonchev–Trinajstić information content (AvgIpc) is 2.47. The molecule has 20 heavy (non-hydrogen) atoms. The SMILES string of the molecule is N#Cc1cccc(NC(=O)c2ccc([N+](=O)[O-])cc2)c1. The van der Waals surface area contributed by atoms with Crippen LogP contribution in [0.1, 0.15) is 15.9 Å². The molecule has 0 fully saturated rings. The summed E-state index contributed by atoms with van der Waals surface area (Å²) in [7, 11) is 0. The first-order valence-corrected chi connectivity index (χ1v) is 5.66. The third-order valence-electron chi connectivity index (χ3n) is 2.59. The van der Waals surface area contributed by atoms with Gasteiger partial charge in [0, 0.05) is 23.4 Å². The van der Waals surface area contributed by atoms with Crippen molar-refractivity contribution >= 4 is 17.3 Å². The lowest BCUT2D eigenvalue weighted by Gasteiger charge is -2.05. The molecule has 6 nitrogen and oxygen atoms in total. The Balaban J connectivity index is 2.15. The van der Waals surface area contributed by atoms with Crippen LogP contribution in [-0.2, 0) is 0 Å². The van der Waals surface area contributed by atoms with E-state index in [0.717, 1.165) is 0 Å². The van der Waals surface area contributed by atoms with Gasteiger partial charge in [-0.1, -0.05) is 6.07 Å². The molecule has 0 atom stereocenters. The van der Waals surface area contributed by atoms with E-state index < -0.39 is 10.8 Å². The van der Waals surface area contributed by atoms with Gasteiger partial charge in [-0.15, -0.1) is 0 Å². The lowest BCUT2D eigenvalue weighted by molar-refractivity contribution is -0.384. The Morgan fingerprint density at radius 1 is 1.20 bits per heavy atom. The minimum Gasteiger partial charge on any atom is -0.322 e. The summed E-state index contributed by atoms with van der Waals surface area (Å²) in [5.74, 6) is -0.394. The van der Waals surface area contributed by atoms with E-state index in [2.05, 4.69) is 5.32 Å². The largest absolute Gasteiger partial charge is 0.322 e. The van der Waals surface area contributed by atoms with Gasteiger partial charge in [0.05, 0.1) is 16.6 Å². The molecule has 98 valence electrons. The summed E-state index contributed by atoms with van der Waals surface area (Å²) in [6.07, 6.45) is 0. The van der Waals surface area contributed by atoms with E-state index in [1.165, 1.54) is 24.3 Å². The molecule has 0 heterocycles. The minimum absolute atomic E-state index is 0.0759. The highest BCUT2D eigenvalue weighted by Gasteiger charge is 2.09. The molecule has 1 amide bonds. The van der Waals surface area contributed by atoms with Crippen LogP contribution in [0.5, 0.6) is 0 Å². The molecule has 0 aromatic heterocycles. The quantitative estimate of drug-likeness (QED) is 0.683. The summed E-state index contributed by atoms with van der Waals surface area (Å²) in [6.45, 7) is 0. The zero-order chi connectivity index (χ0) is 14.5. The molecule has 0 aliphatic heterocycles. The fourth-order valence-electron chi connectivity index (χ4n) is 1.60. The van der Waals surface area contributed by atoms with Crippen LogP contribution in [0, 0.1) is 21.4 Å². The lowest BCUT2D eigenvalue weighted by atomic mass is 10.1. The van der Waals surface area contributed by atoms with Crippen molar-refractivity contribution in [3.8, 4) is 6.07 Å². The Morgan fingerprint density at radius 2 is 1.90 bits per heavy atom. The van der Waals surface area contributed by atoms with Gasteiger partial charge >= 0.3 is 0 Å². The number of anilines is 1. The van der Waals surface area contributed by atoms with E-state index in [4.69, 9.17) is 5.26 Å². The highest BCUT2D eigenvalue weighted by Crippen LogP contribution is 2.15. The van der Waals surface area contributed by atoms with Gasteiger partial charge in [0.25, 0.3) is 11.6 Å². The number of carbonyl (C=O) groups excluding carboxylic acids is 1. The summed E-state index contributed by atoms with van der Waals surface area (Å²) in [5, 5.41) is 21.9. The van der Waals surface area contributed by atoms with Gasteiger partial charge in [-0.2, -0.15) is 5.26 Å². The molecule has 0 saturated heterocycles. The van der Waals surface area contributed by atoms with Crippen LogP contribution in [0.3, 0.4) is 0 Å². The van der Waals surface area contributed by atoms with E-state index in [1.807, 2.05) is 6.07 Å². The van der Waals surface area contributed by atoms with Crippen molar-refractivity contribution in [3.05, 3.63) is 69.8 Å². The first kappa shape index (κ1) is 13.2. The molecule has 0 unspecified atom stereocenters. The number of benzene rings is 2. The van der Waals surface area contributed by atoms with Crippen LogP contribution in [-0.4, -0.2) is 10.8 Å².